The predicted molar refractivity (Wildman–Crippen MR) is 104 cm³/mol. The van der Waals surface area contributed by atoms with E-state index in [-0.39, 0.29) is 11.7 Å². The highest BCUT2D eigenvalue weighted by molar-refractivity contribution is 7.85. The number of hydrogen-bond donors (Lipinski definition) is 1. The number of carbonyl (C=O) groups excluding carboxylic acids is 1. The molecule has 1 unspecified atom stereocenters. The van der Waals surface area contributed by atoms with Crippen molar-refractivity contribution >= 4 is 39.9 Å². The number of carbonyl (C=O) groups is 1. The van der Waals surface area contributed by atoms with E-state index in [0.29, 0.717) is 35.7 Å². The normalized spacial score (nSPS) is 14.9. The Bertz CT molecular complexity index is 859. The Balaban J connectivity index is 1.72. The van der Waals surface area contributed by atoms with Crippen molar-refractivity contribution in [2.75, 3.05) is 16.2 Å². The van der Waals surface area contributed by atoms with Crippen molar-refractivity contribution in [3.05, 3.63) is 58.4 Å². The van der Waals surface area contributed by atoms with E-state index < -0.39 is 16.8 Å². The summed E-state index contributed by atoms with van der Waals surface area (Å²) in [5.41, 5.74) is 3.01. The Hall–Kier alpha value is -1.92. The third kappa shape index (κ3) is 4.24. The summed E-state index contributed by atoms with van der Waals surface area (Å²) < 4.78 is 29.1. The van der Waals surface area contributed by atoms with E-state index in [1.54, 1.807) is 18.2 Å². The molecule has 0 bridgehead atoms. The molecule has 1 aliphatic rings. The number of hydrogen-bond acceptors (Lipinski definition) is 2. The van der Waals surface area contributed by atoms with Crippen LogP contribution in [0.25, 0.3) is 0 Å². The largest absolute Gasteiger partial charge is 0.312 e. The summed E-state index contributed by atoms with van der Waals surface area (Å²) in [7, 11) is -1.47. The zero-order valence-electron chi connectivity index (χ0n) is 14.4. The summed E-state index contributed by atoms with van der Waals surface area (Å²) in [6.07, 6.45) is 2.04. The van der Waals surface area contributed by atoms with Gasteiger partial charge >= 0.3 is 0 Å². The zero-order chi connectivity index (χ0) is 18.7. The molecule has 1 aliphatic heterocycles. The van der Waals surface area contributed by atoms with E-state index in [1.165, 1.54) is 6.07 Å². The van der Waals surface area contributed by atoms with Gasteiger partial charge in [0, 0.05) is 34.9 Å². The van der Waals surface area contributed by atoms with E-state index in [4.69, 9.17) is 11.6 Å². The van der Waals surface area contributed by atoms with Crippen LogP contribution in [-0.4, -0.2) is 16.7 Å². The number of benzene rings is 2. The third-order valence-electron chi connectivity index (χ3n) is 4.26. The molecule has 138 valence electrons. The molecule has 1 amide bonds. The van der Waals surface area contributed by atoms with Crippen molar-refractivity contribution in [2.24, 2.45) is 0 Å². The fourth-order valence-electron chi connectivity index (χ4n) is 3.04. The maximum Gasteiger partial charge on any atom is 0.227 e. The van der Waals surface area contributed by atoms with Gasteiger partial charge in [0.15, 0.2) is 0 Å². The minimum Gasteiger partial charge on any atom is -0.312 e. The maximum atomic E-state index is 13.8. The molecule has 0 aromatic heterocycles. The van der Waals surface area contributed by atoms with Gasteiger partial charge in [-0.1, -0.05) is 24.6 Å². The molecular weight excluding hydrogens is 375 g/mol. The molecule has 1 N–H and O–H groups in total. The molecule has 4 nitrogen and oxygen atoms in total. The van der Waals surface area contributed by atoms with Gasteiger partial charge in [-0.05, 0) is 48.7 Å². The predicted octanol–water partition coefficient (Wildman–Crippen LogP) is 4.44. The molecule has 3 rings (SSSR count). The lowest BCUT2D eigenvalue weighted by Gasteiger charge is -2.29. The van der Waals surface area contributed by atoms with E-state index in [0.717, 1.165) is 17.7 Å². The highest BCUT2D eigenvalue weighted by Gasteiger charge is 2.23. The van der Waals surface area contributed by atoms with Gasteiger partial charge < -0.3 is 9.62 Å². The van der Waals surface area contributed by atoms with E-state index >= 15 is 0 Å². The topological polar surface area (TPSA) is 49.4 Å². The van der Waals surface area contributed by atoms with Crippen LogP contribution in [0.5, 0.6) is 0 Å². The number of fused-ring (bicyclic) bond motifs is 1. The van der Waals surface area contributed by atoms with E-state index in [2.05, 4.69) is 4.72 Å². The second-order valence-corrected chi connectivity index (χ2v) is 7.84. The Morgan fingerprint density at radius 3 is 2.77 bits per heavy atom. The SMILES string of the molecule is CCCN1C(=O)CCc2cc(NS(=O)Cc3ccc(Cl)cc3F)ccc21. The van der Waals surface area contributed by atoms with Gasteiger partial charge in [-0.3, -0.25) is 4.79 Å². The van der Waals surface area contributed by atoms with Crippen LogP contribution in [0.4, 0.5) is 15.8 Å². The lowest BCUT2D eigenvalue weighted by Crippen LogP contribution is -2.35. The molecule has 0 saturated carbocycles. The van der Waals surface area contributed by atoms with Crippen LogP contribution in [0.1, 0.15) is 30.9 Å². The Kier molecular flexibility index (Phi) is 5.94. The molecule has 0 radical (unpaired) electrons. The molecule has 0 saturated heterocycles. The van der Waals surface area contributed by atoms with Gasteiger partial charge in [0.1, 0.15) is 16.8 Å². The summed E-state index contributed by atoms with van der Waals surface area (Å²) in [5.74, 6) is -0.283. The third-order valence-corrected chi connectivity index (χ3v) is 5.53. The number of amides is 1. The summed E-state index contributed by atoms with van der Waals surface area (Å²) >= 11 is 5.74. The minimum absolute atomic E-state index is 0.0422. The van der Waals surface area contributed by atoms with Crippen molar-refractivity contribution in [1.29, 1.82) is 0 Å². The van der Waals surface area contributed by atoms with Crippen LogP contribution in [0.3, 0.4) is 0 Å². The smallest absolute Gasteiger partial charge is 0.227 e. The Morgan fingerprint density at radius 2 is 2.04 bits per heavy atom. The van der Waals surface area contributed by atoms with Crippen LogP contribution in [0.15, 0.2) is 36.4 Å². The molecule has 1 heterocycles. The van der Waals surface area contributed by atoms with Crippen molar-refractivity contribution in [3.63, 3.8) is 0 Å². The summed E-state index contributed by atoms with van der Waals surface area (Å²) in [5, 5.41) is 0.311. The fourth-order valence-corrected chi connectivity index (χ4v) is 4.18. The molecule has 0 fully saturated rings. The van der Waals surface area contributed by atoms with Gasteiger partial charge in [-0.15, -0.1) is 0 Å². The molecule has 1 atom stereocenters. The lowest BCUT2D eigenvalue weighted by atomic mass is 10.0. The number of anilines is 2. The molecule has 0 spiro atoms. The van der Waals surface area contributed by atoms with Crippen molar-refractivity contribution in [1.82, 2.24) is 0 Å². The number of rotatable bonds is 6. The van der Waals surface area contributed by atoms with Crippen LogP contribution >= 0.6 is 11.6 Å². The summed E-state index contributed by atoms with van der Waals surface area (Å²) in [4.78, 5) is 13.9. The van der Waals surface area contributed by atoms with Gasteiger partial charge in [-0.25, -0.2) is 8.60 Å². The first kappa shape index (κ1) is 18.9. The summed E-state index contributed by atoms with van der Waals surface area (Å²) in [6, 6.07) is 9.93. The van der Waals surface area contributed by atoms with Gasteiger partial charge in [-0.2, -0.15) is 0 Å². The Labute approximate surface area is 159 Å². The molecule has 7 heteroatoms. The number of aryl methyl sites for hydroxylation is 1. The summed E-state index contributed by atoms with van der Waals surface area (Å²) in [6.45, 7) is 2.73. The quantitative estimate of drug-likeness (QED) is 0.787. The average molecular weight is 395 g/mol. The van der Waals surface area contributed by atoms with E-state index in [9.17, 15) is 13.4 Å². The van der Waals surface area contributed by atoms with Crippen molar-refractivity contribution < 1.29 is 13.4 Å². The first-order valence-electron chi connectivity index (χ1n) is 8.50. The van der Waals surface area contributed by atoms with Crippen molar-refractivity contribution in [3.8, 4) is 0 Å². The van der Waals surface area contributed by atoms with Crippen molar-refractivity contribution in [2.45, 2.75) is 31.9 Å². The number of nitrogens with zero attached hydrogens (tertiary/aromatic N) is 1. The van der Waals surface area contributed by atoms with E-state index in [1.807, 2.05) is 24.0 Å². The highest BCUT2D eigenvalue weighted by atomic mass is 35.5. The first-order valence-corrected chi connectivity index (χ1v) is 10.2. The maximum absolute atomic E-state index is 13.8. The second kappa shape index (κ2) is 8.18. The molecule has 26 heavy (non-hydrogen) atoms. The van der Waals surface area contributed by atoms with Crippen LogP contribution in [0, 0.1) is 5.82 Å². The van der Waals surface area contributed by atoms with Gasteiger partial charge in [0.05, 0.1) is 5.75 Å². The minimum atomic E-state index is -1.47. The molecule has 2 aromatic carbocycles. The van der Waals surface area contributed by atoms with Crippen LogP contribution < -0.4 is 9.62 Å². The monoisotopic (exact) mass is 394 g/mol. The average Bonchev–Trinajstić information content (AvgIpc) is 2.60. The first-order chi connectivity index (χ1) is 12.5. The second-order valence-electron chi connectivity index (χ2n) is 6.22. The molecule has 0 aliphatic carbocycles. The standard InChI is InChI=1S/C19H20ClFN2O2S/c1-2-9-23-18-7-6-16(10-13(18)4-8-19(23)24)22-26(25)12-14-3-5-15(20)11-17(14)21/h3,5-7,10-11,22H,2,4,8-9,12H2,1H3. The zero-order valence-corrected chi connectivity index (χ0v) is 16.0. The fraction of sp³-hybridized carbons (Fsp3) is 0.316. The Morgan fingerprint density at radius 1 is 1.23 bits per heavy atom. The number of nitrogens with one attached hydrogen (secondary N) is 1. The number of halogens is 2. The lowest BCUT2D eigenvalue weighted by molar-refractivity contribution is -0.118. The molecule has 2 aromatic rings. The van der Waals surface area contributed by atoms with Crippen LogP contribution in [0.2, 0.25) is 5.02 Å². The highest BCUT2D eigenvalue weighted by Crippen LogP contribution is 2.30. The molecular formula is C19H20ClFN2O2S. The van der Waals surface area contributed by atoms with Gasteiger partial charge in [0.25, 0.3) is 0 Å². The van der Waals surface area contributed by atoms with Crippen LogP contribution in [-0.2, 0) is 28.0 Å². The van der Waals surface area contributed by atoms with Gasteiger partial charge in [0.2, 0.25) is 5.91 Å².